The van der Waals surface area contributed by atoms with Crippen molar-refractivity contribution >= 4 is 22.2 Å². The molecular weight excluding hydrogens is 501 g/mol. The normalized spacial score (nSPS) is 20.5. The van der Waals surface area contributed by atoms with Gasteiger partial charge in [-0.2, -0.15) is 0 Å². The van der Waals surface area contributed by atoms with Crippen molar-refractivity contribution in [1.29, 1.82) is 0 Å². The number of aliphatic hydroxyl groups is 1. The molecule has 0 saturated carbocycles. The molecule has 6 nitrogen and oxygen atoms in total. The van der Waals surface area contributed by atoms with Gasteiger partial charge in [0.15, 0.2) is 0 Å². The van der Waals surface area contributed by atoms with Gasteiger partial charge in [-0.1, -0.05) is 36.5 Å². The molecule has 3 N–H and O–H groups in total. The number of hydrogen-bond acceptors (Lipinski definition) is 6. The lowest BCUT2D eigenvalue weighted by Gasteiger charge is -2.23. The monoisotopic (exact) mass is 538 g/mol. The fraction of sp³-hybridized carbons (Fsp3) is 0.593. The van der Waals surface area contributed by atoms with E-state index in [0.717, 1.165) is 46.5 Å². The third kappa shape index (κ3) is 6.66. The minimum atomic E-state index is -3.15. The minimum absolute atomic E-state index is 0.00499. The summed E-state index contributed by atoms with van der Waals surface area (Å²) in [4.78, 5) is 11.4. The minimum Gasteiger partial charge on any atom is -0.465 e. The van der Waals surface area contributed by atoms with E-state index in [-0.39, 0.29) is 30.8 Å². The van der Waals surface area contributed by atoms with Crippen molar-refractivity contribution in [2.45, 2.75) is 70.1 Å². The summed E-state index contributed by atoms with van der Waals surface area (Å²) < 4.78 is 46.0. The Hall–Kier alpha value is -2.14. The number of ether oxygens (including phenoxy) is 1. The Balaban J connectivity index is 1.49. The van der Waals surface area contributed by atoms with Gasteiger partial charge in [-0.3, -0.25) is 9.29 Å². The van der Waals surface area contributed by atoms with Gasteiger partial charge in [-0.05, 0) is 44.7 Å². The number of para-hydroxylation sites is 1. The number of alkyl halides is 3. The summed E-state index contributed by atoms with van der Waals surface area (Å²) in [6.45, 7) is 5.70. The molecule has 1 fully saturated rings. The third-order valence-electron chi connectivity index (χ3n) is 7.31. The first-order chi connectivity index (χ1) is 17.7. The van der Waals surface area contributed by atoms with E-state index < -0.39 is 19.1 Å². The molecule has 1 aliphatic rings. The van der Waals surface area contributed by atoms with E-state index in [1.54, 1.807) is 0 Å². The summed E-state index contributed by atoms with van der Waals surface area (Å²) in [7, 11) is 0. The van der Waals surface area contributed by atoms with Gasteiger partial charge >= 0.3 is 0 Å². The van der Waals surface area contributed by atoms with Crippen molar-refractivity contribution in [3.05, 3.63) is 46.6 Å². The van der Waals surface area contributed by atoms with Crippen LogP contribution in [0.4, 0.5) is 13.2 Å². The van der Waals surface area contributed by atoms with Crippen molar-refractivity contribution in [3.63, 3.8) is 0 Å². The number of nitrogens with one attached hydrogen (secondary N) is 2. The fourth-order valence-corrected chi connectivity index (χ4v) is 5.95. The van der Waals surface area contributed by atoms with Gasteiger partial charge in [0, 0.05) is 58.8 Å². The van der Waals surface area contributed by atoms with E-state index in [4.69, 9.17) is 9.84 Å². The number of halogens is 3. The van der Waals surface area contributed by atoms with E-state index in [2.05, 4.69) is 34.0 Å². The lowest BCUT2D eigenvalue weighted by atomic mass is 9.96. The van der Waals surface area contributed by atoms with Gasteiger partial charge in [0.2, 0.25) is 0 Å². The Morgan fingerprint density at radius 1 is 1.32 bits per heavy atom. The van der Waals surface area contributed by atoms with Crippen molar-refractivity contribution in [2.24, 2.45) is 0 Å². The molecule has 2 aromatic heterocycles. The lowest BCUT2D eigenvalue weighted by Crippen LogP contribution is -2.40. The van der Waals surface area contributed by atoms with E-state index in [1.165, 1.54) is 11.3 Å². The number of rotatable bonds is 13. The fourth-order valence-electron chi connectivity index (χ4n) is 5.07. The number of H-pyrrole nitrogens is 1. The molecule has 0 amide bonds. The predicted octanol–water partition coefficient (Wildman–Crippen LogP) is 5.13. The number of thiazole rings is 1. The zero-order chi connectivity index (χ0) is 26.6. The van der Waals surface area contributed by atoms with E-state index in [9.17, 15) is 13.2 Å². The van der Waals surface area contributed by atoms with Crippen LogP contribution < -0.4 is 10.1 Å². The van der Waals surface area contributed by atoms with E-state index in [0.29, 0.717) is 18.0 Å². The summed E-state index contributed by atoms with van der Waals surface area (Å²) in [5.41, 5.74) is 3.12. The Morgan fingerprint density at radius 3 is 2.86 bits per heavy atom. The average molecular weight is 539 g/mol. The Labute approximate surface area is 220 Å². The van der Waals surface area contributed by atoms with E-state index in [1.807, 2.05) is 37.4 Å². The molecule has 4 atom stereocenters. The Morgan fingerprint density at radius 2 is 2.11 bits per heavy atom. The molecule has 204 valence electrons. The van der Waals surface area contributed by atoms with Crippen molar-refractivity contribution in [3.8, 4) is 5.19 Å². The number of aliphatic hydroxyl groups excluding tert-OH is 1. The first-order valence-electron chi connectivity index (χ1n) is 13.0. The number of hydrogen-bond donors (Lipinski definition) is 3. The van der Waals surface area contributed by atoms with Gasteiger partial charge < -0.3 is 20.1 Å². The highest BCUT2D eigenvalue weighted by molar-refractivity contribution is 7.13. The molecule has 37 heavy (non-hydrogen) atoms. The molecule has 3 aromatic rings. The average Bonchev–Trinajstić information content (AvgIpc) is 3.60. The van der Waals surface area contributed by atoms with Crippen molar-refractivity contribution < 1.29 is 23.0 Å². The Bertz CT molecular complexity index is 1150. The molecular formula is C27H37F3N4O2S. The number of likely N-dealkylation sites (tertiary alicyclic amines) is 1. The zero-order valence-electron chi connectivity index (χ0n) is 21.6. The van der Waals surface area contributed by atoms with Crippen LogP contribution in [-0.4, -0.2) is 77.0 Å². The molecule has 1 saturated heterocycles. The van der Waals surface area contributed by atoms with Crippen LogP contribution in [0.25, 0.3) is 10.9 Å². The number of fused-ring (bicyclic) bond motifs is 1. The summed E-state index contributed by atoms with van der Waals surface area (Å²) in [6, 6.07) is 8.01. The predicted molar refractivity (Wildman–Crippen MR) is 142 cm³/mol. The standard InChI is InChI=1S/C27H37F3N4O2S/c1-17(32-15-27(29,30)16-35)13-21-20-7-4-5-8-22(20)33-25(21)18(2)24-14-31-26(37-24)36-23-9-12-34(19(23)3)11-6-10-28/h4-5,7-8,14,17-19,23,32-33,35H,6,9-13,15-16H2,1-3H3/t17-,18-,19+,23-/m1/s1. The maximum absolute atomic E-state index is 13.6. The highest BCUT2D eigenvalue weighted by Gasteiger charge is 2.33. The molecule has 4 rings (SSSR count). The maximum atomic E-state index is 13.6. The quantitative estimate of drug-likeness (QED) is 0.282. The van der Waals surface area contributed by atoms with Gasteiger partial charge in [-0.15, -0.1) is 0 Å². The lowest BCUT2D eigenvalue weighted by molar-refractivity contribution is -0.0490. The van der Waals surface area contributed by atoms with Crippen LogP contribution in [0.1, 0.15) is 55.7 Å². The number of nitrogens with zero attached hydrogens (tertiary/aromatic N) is 2. The zero-order valence-corrected chi connectivity index (χ0v) is 22.5. The molecule has 1 aliphatic heterocycles. The second-order valence-electron chi connectivity index (χ2n) is 10.1. The second kappa shape index (κ2) is 12.1. The molecule has 0 bridgehead atoms. The number of aromatic amines is 1. The summed E-state index contributed by atoms with van der Waals surface area (Å²) in [5.74, 6) is -3.14. The van der Waals surface area contributed by atoms with Crippen LogP contribution in [0.2, 0.25) is 0 Å². The van der Waals surface area contributed by atoms with Crippen LogP contribution in [0.3, 0.4) is 0 Å². The van der Waals surface area contributed by atoms with Gasteiger partial charge in [-0.25, -0.2) is 13.8 Å². The van der Waals surface area contributed by atoms with E-state index >= 15 is 0 Å². The van der Waals surface area contributed by atoms with Crippen LogP contribution in [0.15, 0.2) is 30.5 Å². The highest BCUT2D eigenvalue weighted by Crippen LogP contribution is 2.37. The molecule has 0 radical (unpaired) electrons. The van der Waals surface area contributed by atoms with Gasteiger partial charge in [0.1, 0.15) is 12.7 Å². The largest absolute Gasteiger partial charge is 0.465 e. The first-order valence-corrected chi connectivity index (χ1v) is 13.8. The van der Waals surface area contributed by atoms with Crippen LogP contribution in [-0.2, 0) is 6.42 Å². The van der Waals surface area contributed by atoms with Crippen molar-refractivity contribution in [1.82, 2.24) is 20.2 Å². The Kier molecular flexibility index (Phi) is 9.15. The molecule has 1 aromatic carbocycles. The molecule has 0 spiro atoms. The number of aromatic nitrogens is 2. The summed E-state index contributed by atoms with van der Waals surface area (Å²) in [6.07, 6.45) is 3.87. The molecule has 0 unspecified atom stereocenters. The summed E-state index contributed by atoms with van der Waals surface area (Å²) >= 11 is 1.52. The SMILES string of the molecule is C[C@H](c1cnc(O[C@@H]2CCN(CCCF)[C@H]2C)s1)c1[nH]c2ccccc2c1C[C@@H](C)NCC(F)(F)CO. The second-order valence-corrected chi connectivity index (χ2v) is 11.1. The molecule has 3 heterocycles. The topological polar surface area (TPSA) is 73.4 Å². The van der Waals surface area contributed by atoms with Gasteiger partial charge in [0.25, 0.3) is 11.1 Å². The first kappa shape index (κ1) is 27.9. The van der Waals surface area contributed by atoms with Crippen LogP contribution in [0.5, 0.6) is 5.19 Å². The van der Waals surface area contributed by atoms with Crippen molar-refractivity contribution in [2.75, 3.05) is 32.9 Å². The van der Waals surface area contributed by atoms with Crippen LogP contribution in [0, 0.1) is 0 Å². The smallest absolute Gasteiger partial charge is 0.282 e. The van der Waals surface area contributed by atoms with Crippen LogP contribution >= 0.6 is 11.3 Å². The number of benzene rings is 1. The summed E-state index contributed by atoms with van der Waals surface area (Å²) in [5, 5.41) is 13.4. The third-order valence-corrected chi connectivity index (χ3v) is 8.38. The van der Waals surface area contributed by atoms with Gasteiger partial charge in [0.05, 0.1) is 13.2 Å². The molecule has 0 aliphatic carbocycles. The molecule has 10 heteroatoms. The highest BCUT2D eigenvalue weighted by atomic mass is 32.1. The maximum Gasteiger partial charge on any atom is 0.282 e.